The van der Waals surface area contributed by atoms with Crippen LogP contribution in [-0.4, -0.2) is 32.3 Å². The number of carbonyl (C=O) groups excluding carboxylic acids is 1. The Hall–Kier alpha value is -2.65. The highest BCUT2D eigenvalue weighted by Crippen LogP contribution is 2.34. The molecule has 158 valence electrons. The van der Waals surface area contributed by atoms with Crippen LogP contribution in [0.1, 0.15) is 31.1 Å². The lowest BCUT2D eigenvalue weighted by Crippen LogP contribution is -2.26. The molecule has 4 aromatic rings. The number of carbonyl (C=O) groups is 2. The monoisotopic (exact) mass is 548 g/mol. The van der Waals surface area contributed by atoms with Crippen molar-refractivity contribution in [1.82, 2.24) is 9.55 Å². The lowest BCUT2D eigenvalue weighted by molar-refractivity contribution is 0.0544. The molecule has 4 rings (SSSR count). The maximum atomic E-state index is 12.8. The summed E-state index contributed by atoms with van der Waals surface area (Å²) in [5, 5.41) is 11.5. The summed E-state index contributed by atoms with van der Waals surface area (Å²) in [6.45, 7) is 5.37. The number of aromatic carboxylic acids is 1. The second-order valence-corrected chi connectivity index (χ2v) is 9.76. The van der Waals surface area contributed by atoms with Crippen LogP contribution in [0.3, 0.4) is 0 Å². The predicted octanol–water partition coefficient (Wildman–Crippen LogP) is 6.60. The maximum absolute atomic E-state index is 12.8. The van der Waals surface area contributed by atoms with Crippen LogP contribution in [0.5, 0.6) is 0 Å². The Bertz CT molecular complexity index is 1370. The van der Waals surface area contributed by atoms with E-state index in [0.29, 0.717) is 38.1 Å². The maximum Gasteiger partial charge on any atom is 0.419 e. The molecule has 8 heteroatoms. The molecule has 2 aromatic heterocycles. The van der Waals surface area contributed by atoms with Gasteiger partial charge in [0, 0.05) is 31.1 Å². The van der Waals surface area contributed by atoms with E-state index in [-0.39, 0.29) is 5.56 Å². The van der Waals surface area contributed by atoms with E-state index in [9.17, 15) is 14.7 Å². The number of halogens is 2. The fraction of sp³-hybridized carbons (Fsp3) is 0.174. The molecule has 0 saturated carbocycles. The molecule has 1 N–H and O–H groups in total. The summed E-state index contributed by atoms with van der Waals surface area (Å²) < 4.78 is 7.84. The molecule has 0 atom stereocenters. The van der Waals surface area contributed by atoms with Gasteiger partial charge in [-0.05, 0) is 85.8 Å². The number of carboxylic acids is 1. The topological polar surface area (TPSA) is 81.4 Å². The van der Waals surface area contributed by atoms with Crippen LogP contribution in [0, 0.1) is 3.57 Å². The van der Waals surface area contributed by atoms with Gasteiger partial charge in [-0.1, -0.05) is 11.6 Å². The van der Waals surface area contributed by atoms with Gasteiger partial charge in [-0.25, -0.2) is 14.6 Å². The fourth-order valence-electron chi connectivity index (χ4n) is 3.38. The van der Waals surface area contributed by atoms with Gasteiger partial charge in [0.25, 0.3) is 0 Å². The van der Waals surface area contributed by atoms with Gasteiger partial charge in [-0.3, -0.25) is 4.57 Å². The van der Waals surface area contributed by atoms with Gasteiger partial charge in [0.1, 0.15) is 5.60 Å². The first-order chi connectivity index (χ1) is 14.5. The van der Waals surface area contributed by atoms with E-state index < -0.39 is 17.7 Å². The minimum Gasteiger partial charge on any atom is -0.478 e. The van der Waals surface area contributed by atoms with Gasteiger partial charge in [-0.2, -0.15) is 0 Å². The average Bonchev–Trinajstić information content (AvgIpc) is 3.04. The van der Waals surface area contributed by atoms with Crippen molar-refractivity contribution in [3.8, 4) is 11.3 Å². The van der Waals surface area contributed by atoms with Crippen molar-refractivity contribution in [2.24, 2.45) is 0 Å². The lowest BCUT2D eigenvalue weighted by atomic mass is 10.0. The van der Waals surface area contributed by atoms with Gasteiger partial charge >= 0.3 is 12.1 Å². The molecule has 0 aliphatic rings. The van der Waals surface area contributed by atoms with Crippen LogP contribution in [0.15, 0.2) is 48.7 Å². The first kappa shape index (κ1) is 21.6. The van der Waals surface area contributed by atoms with E-state index in [1.165, 1.54) is 10.6 Å². The molecule has 2 aromatic carbocycles. The molecule has 0 aliphatic heterocycles. The molecule has 0 unspecified atom stereocenters. The summed E-state index contributed by atoms with van der Waals surface area (Å²) in [4.78, 5) is 29.5. The molecular weight excluding hydrogens is 531 g/mol. The second kappa shape index (κ2) is 7.80. The van der Waals surface area contributed by atoms with Crippen LogP contribution in [0.4, 0.5) is 4.79 Å². The molecular formula is C23H18ClIN2O4. The van der Waals surface area contributed by atoms with E-state index in [1.807, 2.05) is 6.07 Å². The summed E-state index contributed by atoms with van der Waals surface area (Å²) >= 11 is 8.36. The number of hydrogen-bond donors (Lipinski definition) is 1. The molecule has 0 saturated heterocycles. The third-order valence-electron chi connectivity index (χ3n) is 4.63. The van der Waals surface area contributed by atoms with E-state index in [1.54, 1.807) is 57.3 Å². The Morgan fingerprint density at radius 2 is 1.84 bits per heavy atom. The summed E-state index contributed by atoms with van der Waals surface area (Å²) in [6, 6.07) is 12.1. The third-order valence-corrected chi connectivity index (χ3v) is 5.54. The smallest absolute Gasteiger partial charge is 0.419 e. The number of nitrogens with zero attached hydrogens (tertiary/aromatic N) is 2. The Morgan fingerprint density at radius 1 is 1.10 bits per heavy atom. The van der Waals surface area contributed by atoms with Crippen molar-refractivity contribution in [2.45, 2.75) is 26.4 Å². The van der Waals surface area contributed by atoms with Crippen molar-refractivity contribution >= 4 is 68.1 Å². The summed E-state index contributed by atoms with van der Waals surface area (Å²) in [5.74, 6) is -1.05. The number of pyridine rings is 1. The highest BCUT2D eigenvalue weighted by molar-refractivity contribution is 14.1. The number of rotatable bonds is 2. The Morgan fingerprint density at radius 3 is 2.52 bits per heavy atom. The minimum atomic E-state index is -1.05. The standard InChI is InChI=1S/C23H18ClIN2O4/c1-23(2,3)31-22(30)27-11-17(15-8-12(24)4-7-20(15)27)19-10-16(21(28)29)14-9-13(25)5-6-18(14)26-19/h4-11H,1-3H3,(H,28,29). The van der Waals surface area contributed by atoms with E-state index in [2.05, 4.69) is 27.6 Å². The summed E-state index contributed by atoms with van der Waals surface area (Å²) in [7, 11) is 0. The Kier molecular flexibility index (Phi) is 5.43. The number of aromatic nitrogens is 2. The van der Waals surface area contributed by atoms with Crippen molar-refractivity contribution in [1.29, 1.82) is 0 Å². The Labute approximate surface area is 196 Å². The summed E-state index contributed by atoms with van der Waals surface area (Å²) in [6.07, 6.45) is 1.07. The van der Waals surface area contributed by atoms with Crippen LogP contribution in [0.2, 0.25) is 5.02 Å². The molecule has 0 radical (unpaired) electrons. The number of fused-ring (bicyclic) bond motifs is 2. The molecule has 6 nitrogen and oxygen atoms in total. The lowest BCUT2D eigenvalue weighted by Gasteiger charge is -2.19. The van der Waals surface area contributed by atoms with Crippen LogP contribution < -0.4 is 0 Å². The average molecular weight is 549 g/mol. The van der Waals surface area contributed by atoms with E-state index in [4.69, 9.17) is 16.3 Å². The molecule has 2 heterocycles. The largest absolute Gasteiger partial charge is 0.478 e. The zero-order chi connectivity index (χ0) is 22.5. The first-order valence-corrected chi connectivity index (χ1v) is 10.9. The third kappa shape index (κ3) is 4.24. The number of hydrogen-bond acceptors (Lipinski definition) is 4. The predicted molar refractivity (Wildman–Crippen MR) is 129 cm³/mol. The first-order valence-electron chi connectivity index (χ1n) is 9.41. The normalized spacial score (nSPS) is 11.8. The number of carboxylic acid groups (broad SMARTS) is 1. The van der Waals surface area contributed by atoms with Crippen LogP contribution in [-0.2, 0) is 4.74 Å². The van der Waals surface area contributed by atoms with Crippen molar-refractivity contribution in [3.63, 3.8) is 0 Å². The number of benzene rings is 2. The Balaban J connectivity index is 1.99. The van der Waals surface area contributed by atoms with Gasteiger partial charge in [0.2, 0.25) is 0 Å². The van der Waals surface area contributed by atoms with Crippen molar-refractivity contribution < 1.29 is 19.4 Å². The second-order valence-electron chi connectivity index (χ2n) is 8.08. The molecule has 0 aliphatic carbocycles. The van der Waals surface area contributed by atoms with E-state index >= 15 is 0 Å². The molecule has 0 amide bonds. The van der Waals surface area contributed by atoms with Crippen molar-refractivity contribution in [3.05, 3.63) is 62.8 Å². The fourth-order valence-corrected chi connectivity index (χ4v) is 4.04. The molecule has 0 fully saturated rings. The minimum absolute atomic E-state index is 0.138. The summed E-state index contributed by atoms with van der Waals surface area (Å²) in [5.41, 5.74) is 1.63. The van der Waals surface area contributed by atoms with Gasteiger partial charge in [0.05, 0.1) is 22.3 Å². The van der Waals surface area contributed by atoms with E-state index in [0.717, 1.165) is 3.57 Å². The van der Waals surface area contributed by atoms with Crippen LogP contribution >= 0.6 is 34.2 Å². The highest BCUT2D eigenvalue weighted by Gasteiger charge is 2.23. The van der Waals surface area contributed by atoms with Gasteiger partial charge in [0.15, 0.2) is 0 Å². The van der Waals surface area contributed by atoms with Gasteiger partial charge in [-0.15, -0.1) is 0 Å². The molecule has 0 bridgehead atoms. The zero-order valence-corrected chi connectivity index (χ0v) is 19.9. The molecule has 0 spiro atoms. The van der Waals surface area contributed by atoms with Gasteiger partial charge < -0.3 is 9.84 Å². The number of ether oxygens (including phenoxy) is 1. The van der Waals surface area contributed by atoms with Crippen molar-refractivity contribution in [2.75, 3.05) is 0 Å². The highest BCUT2D eigenvalue weighted by atomic mass is 127. The SMILES string of the molecule is CC(C)(C)OC(=O)n1cc(-c2cc(C(=O)O)c3cc(I)ccc3n2)c2cc(Cl)ccc21. The van der Waals surface area contributed by atoms with Crippen LogP contribution in [0.25, 0.3) is 33.1 Å². The zero-order valence-electron chi connectivity index (χ0n) is 16.9. The quantitative estimate of drug-likeness (QED) is 0.286. The molecule has 31 heavy (non-hydrogen) atoms.